The maximum Gasteiger partial charge on any atom is 0.244 e. The van der Waals surface area contributed by atoms with Gasteiger partial charge in [-0.2, -0.15) is 0 Å². The number of amides is 2. The lowest BCUT2D eigenvalue weighted by molar-refractivity contribution is -0.135. The lowest BCUT2D eigenvalue weighted by Crippen LogP contribution is -2.46. The third-order valence-corrected chi connectivity index (χ3v) is 5.67. The predicted octanol–water partition coefficient (Wildman–Crippen LogP) is 3.80. The first-order valence-electron chi connectivity index (χ1n) is 11.4. The van der Waals surface area contributed by atoms with Crippen molar-refractivity contribution in [2.75, 3.05) is 7.11 Å². The first-order chi connectivity index (χ1) is 16.4. The molecule has 1 heterocycles. The van der Waals surface area contributed by atoms with Crippen molar-refractivity contribution in [3.05, 3.63) is 71.9 Å². The number of benzene rings is 2. The number of rotatable bonds is 11. The Morgan fingerprint density at radius 3 is 2.47 bits per heavy atom. The highest BCUT2D eigenvalue weighted by Gasteiger charge is 2.29. The van der Waals surface area contributed by atoms with Crippen LogP contribution in [0.1, 0.15) is 37.8 Å². The topological polar surface area (TPSA) is 116 Å². The molecule has 3 aromatic rings. The highest BCUT2D eigenvalue weighted by molar-refractivity contribution is 6.14. The average Bonchev–Trinajstić information content (AvgIpc) is 3.26. The second kappa shape index (κ2) is 12.0. The first-order valence-corrected chi connectivity index (χ1v) is 11.4. The molecule has 0 fully saturated rings. The van der Waals surface area contributed by atoms with Crippen LogP contribution in [0.25, 0.3) is 10.9 Å². The largest absolute Gasteiger partial charge is 0.399 e. The van der Waals surface area contributed by atoms with Gasteiger partial charge >= 0.3 is 0 Å². The van der Waals surface area contributed by atoms with E-state index in [0.717, 1.165) is 22.0 Å². The Morgan fingerprint density at radius 2 is 1.79 bits per heavy atom. The maximum absolute atomic E-state index is 13.4. The maximum atomic E-state index is 13.4. The molecule has 8 nitrogen and oxygen atoms in total. The van der Waals surface area contributed by atoms with Crippen LogP contribution in [0.5, 0.6) is 0 Å². The minimum absolute atomic E-state index is 0.109. The van der Waals surface area contributed by atoms with Gasteiger partial charge in [-0.1, -0.05) is 67.5 Å². The number of oxime groups is 1. The molecule has 180 valence electrons. The van der Waals surface area contributed by atoms with Gasteiger partial charge in [0, 0.05) is 35.0 Å². The molecule has 0 aliphatic heterocycles. The van der Waals surface area contributed by atoms with Gasteiger partial charge in [0.1, 0.15) is 12.8 Å². The molecule has 4 N–H and O–H groups in total. The Bertz CT molecular complexity index is 1120. The van der Waals surface area contributed by atoms with Crippen LogP contribution in [0.15, 0.2) is 65.9 Å². The van der Waals surface area contributed by atoms with Crippen molar-refractivity contribution in [1.82, 2.24) is 15.8 Å². The van der Waals surface area contributed by atoms with Crippen LogP contribution in [0.4, 0.5) is 0 Å². The highest BCUT2D eigenvalue weighted by Crippen LogP contribution is 2.22. The second-order valence-electron chi connectivity index (χ2n) is 8.72. The summed E-state index contributed by atoms with van der Waals surface area (Å²) < 4.78 is 0. The molecule has 0 aliphatic rings. The third kappa shape index (κ3) is 6.45. The van der Waals surface area contributed by atoms with E-state index in [1.807, 2.05) is 74.6 Å². The van der Waals surface area contributed by atoms with Crippen LogP contribution in [-0.2, 0) is 20.8 Å². The van der Waals surface area contributed by atoms with Crippen LogP contribution in [0.2, 0.25) is 0 Å². The standard InChI is InChI=1S/C26H32N4O4/c1-17(2)13-19(15-24(31)29-33)26(32)28-23(14-18-9-5-4-6-10-18)25(30-34-3)21-16-27-22-12-8-7-11-20(21)22/h4-12,16-17,19,23,27,33H,13-15H2,1-3H3,(H,28,32)(H,29,31)/b30-25+/t19-,23+/m1/s1. The summed E-state index contributed by atoms with van der Waals surface area (Å²) in [6.07, 6.45) is 2.73. The van der Waals surface area contributed by atoms with E-state index in [2.05, 4.69) is 15.5 Å². The number of hydroxylamine groups is 1. The van der Waals surface area contributed by atoms with Gasteiger partial charge in [-0.15, -0.1) is 0 Å². The molecule has 0 saturated heterocycles. The SMILES string of the molecule is CO/N=C(\c1c[nH]c2ccccc12)[C@H](Cc1ccccc1)NC(=O)[C@@H](CC(=O)NO)CC(C)C. The smallest absolute Gasteiger partial charge is 0.244 e. The zero-order valence-corrected chi connectivity index (χ0v) is 19.7. The summed E-state index contributed by atoms with van der Waals surface area (Å²) in [6.45, 7) is 3.98. The summed E-state index contributed by atoms with van der Waals surface area (Å²) in [5.41, 5.74) is 5.00. The minimum Gasteiger partial charge on any atom is -0.399 e. The fourth-order valence-electron chi connectivity index (χ4n) is 4.16. The Labute approximate surface area is 199 Å². The molecule has 2 aromatic carbocycles. The zero-order chi connectivity index (χ0) is 24.5. The van der Waals surface area contributed by atoms with Crippen molar-refractivity contribution in [2.24, 2.45) is 17.0 Å². The Kier molecular flexibility index (Phi) is 8.81. The molecule has 3 rings (SSSR count). The number of H-pyrrole nitrogens is 1. The first kappa shape index (κ1) is 25.0. The molecule has 8 heteroatoms. The average molecular weight is 465 g/mol. The summed E-state index contributed by atoms with van der Waals surface area (Å²) >= 11 is 0. The van der Waals surface area contributed by atoms with E-state index in [9.17, 15) is 9.59 Å². The molecule has 0 saturated carbocycles. The molecule has 0 unspecified atom stereocenters. The Hall–Kier alpha value is -3.65. The molecule has 34 heavy (non-hydrogen) atoms. The number of fused-ring (bicyclic) bond motifs is 1. The number of aromatic amines is 1. The Balaban J connectivity index is 1.98. The zero-order valence-electron chi connectivity index (χ0n) is 19.7. The fourth-order valence-corrected chi connectivity index (χ4v) is 4.16. The second-order valence-corrected chi connectivity index (χ2v) is 8.72. The monoisotopic (exact) mass is 464 g/mol. The molecular weight excluding hydrogens is 432 g/mol. The van der Waals surface area contributed by atoms with Gasteiger partial charge in [0.15, 0.2) is 0 Å². The lowest BCUT2D eigenvalue weighted by Gasteiger charge is -2.24. The highest BCUT2D eigenvalue weighted by atomic mass is 16.6. The van der Waals surface area contributed by atoms with E-state index in [0.29, 0.717) is 18.6 Å². The van der Waals surface area contributed by atoms with Gasteiger partial charge in [-0.25, -0.2) is 5.48 Å². The number of carbonyl (C=O) groups is 2. The molecule has 2 amide bonds. The number of aromatic nitrogens is 1. The van der Waals surface area contributed by atoms with Crippen LogP contribution in [0, 0.1) is 11.8 Å². The summed E-state index contributed by atoms with van der Waals surface area (Å²) in [6, 6.07) is 17.1. The van der Waals surface area contributed by atoms with Gasteiger partial charge in [-0.3, -0.25) is 14.8 Å². The van der Waals surface area contributed by atoms with E-state index in [1.165, 1.54) is 7.11 Å². The van der Waals surface area contributed by atoms with Crippen LogP contribution in [0.3, 0.4) is 0 Å². The third-order valence-electron chi connectivity index (χ3n) is 5.67. The number of para-hydroxylation sites is 1. The van der Waals surface area contributed by atoms with Crippen LogP contribution < -0.4 is 10.8 Å². The number of hydrogen-bond donors (Lipinski definition) is 4. The molecular formula is C26H32N4O4. The van der Waals surface area contributed by atoms with Crippen molar-refractivity contribution in [1.29, 1.82) is 0 Å². The van der Waals surface area contributed by atoms with Crippen LogP contribution >= 0.6 is 0 Å². The van der Waals surface area contributed by atoms with Gasteiger partial charge in [0.2, 0.25) is 11.8 Å². The van der Waals surface area contributed by atoms with E-state index in [1.54, 1.807) is 5.48 Å². The summed E-state index contributed by atoms with van der Waals surface area (Å²) in [5.74, 6) is -1.28. The normalized spacial score (nSPS) is 13.5. The van der Waals surface area contributed by atoms with Crippen molar-refractivity contribution in [3.63, 3.8) is 0 Å². The molecule has 1 aromatic heterocycles. The number of nitrogens with one attached hydrogen (secondary N) is 3. The fraction of sp³-hybridized carbons (Fsp3) is 0.346. The van der Waals surface area contributed by atoms with Gasteiger partial charge in [0.05, 0.1) is 6.04 Å². The summed E-state index contributed by atoms with van der Waals surface area (Å²) in [7, 11) is 1.48. The van der Waals surface area contributed by atoms with Crippen LogP contribution in [-0.4, -0.2) is 40.9 Å². The van der Waals surface area contributed by atoms with E-state index >= 15 is 0 Å². The quantitative estimate of drug-likeness (QED) is 0.196. The summed E-state index contributed by atoms with van der Waals surface area (Å²) in [4.78, 5) is 33.7. The Morgan fingerprint density at radius 1 is 1.09 bits per heavy atom. The van der Waals surface area contributed by atoms with Gasteiger partial charge in [-0.05, 0) is 30.4 Å². The van der Waals surface area contributed by atoms with Crippen molar-refractivity contribution < 1.29 is 19.6 Å². The molecule has 2 atom stereocenters. The van der Waals surface area contributed by atoms with Crippen molar-refractivity contribution >= 4 is 28.4 Å². The molecule has 0 radical (unpaired) electrons. The number of nitrogens with zero attached hydrogens (tertiary/aromatic N) is 1. The van der Waals surface area contributed by atoms with Crippen molar-refractivity contribution in [2.45, 2.75) is 39.2 Å². The van der Waals surface area contributed by atoms with E-state index in [4.69, 9.17) is 10.0 Å². The van der Waals surface area contributed by atoms with E-state index < -0.39 is 17.9 Å². The molecule has 0 bridgehead atoms. The minimum atomic E-state index is -0.600. The number of hydrogen-bond acceptors (Lipinski definition) is 5. The summed E-state index contributed by atoms with van der Waals surface area (Å²) in [5, 5.41) is 17.4. The van der Waals surface area contributed by atoms with E-state index in [-0.39, 0.29) is 18.2 Å². The molecule has 0 spiro atoms. The van der Waals surface area contributed by atoms with Gasteiger partial charge < -0.3 is 15.1 Å². The number of carbonyl (C=O) groups excluding carboxylic acids is 2. The molecule has 0 aliphatic carbocycles. The van der Waals surface area contributed by atoms with Crippen molar-refractivity contribution in [3.8, 4) is 0 Å². The van der Waals surface area contributed by atoms with Gasteiger partial charge in [0.25, 0.3) is 0 Å². The lowest BCUT2D eigenvalue weighted by atomic mass is 9.91. The predicted molar refractivity (Wildman–Crippen MR) is 131 cm³/mol.